The first-order valence-corrected chi connectivity index (χ1v) is 3.93. The van der Waals surface area contributed by atoms with Gasteiger partial charge in [0, 0.05) is 0 Å². The summed E-state index contributed by atoms with van der Waals surface area (Å²) < 4.78 is 4.90. The van der Waals surface area contributed by atoms with Gasteiger partial charge in [-0.15, -0.1) is 0 Å². The summed E-state index contributed by atoms with van der Waals surface area (Å²) in [5, 5.41) is 8.38. The number of rotatable bonds is 2. The van der Waals surface area contributed by atoms with Gasteiger partial charge in [-0.05, 0) is 12.3 Å². The highest BCUT2D eigenvalue weighted by molar-refractivity contribution is 5.74. The average Bonchev–Trinajstić information content (AvgIpc) is 1.97. The first-order chi connectivity index (χ1) is 5.37. The standard InChI is InChI=1S/C9H15NO2/c1-7(5-10)8(11)12-6-9(2,3)4/h7H,6H2,1-4H3. The molecule has 68 valence electrons. The third-order valence-corrected chi connectivity index (χ3v) is 1.19. The Balaban J connectivity index is 3.82. The topological polar surface area (TPSA) is 50.1 Å². The van der Waals surface area contributed by atoms with Gasteiger partial charge >= 0.3 is 5.97 Å². The van der Waals surface area contributed by atoms with Crippen molar-refractivity contribution < 1.29 is 9.53 Å². The van der Waals surface area contributed by atoms with Crippen LogP contribution in [-0.4, -0.2) is 12.6 Å². The molecule has 0 bridgehead atoms. The largest absolute Gasteiger partial charge is 0.464 e. The first kappa shape index (κ1) is 11.0. The van der Waals surface area contributed by atoms with E-state index in [0.29, 0.717) is 6.61 Å². The number of carbonyl (C=O) groups is 1. The van der Waals surface area contributed by atoms with Crippen molar-refractivity contribution in [3.8, 4) is 6.07 Å². The van der Waals surface area contributed by atoms with Crippen molar-refractivity contribution >= 4 is 5.97 Å². The van der Waals surface area contributed by atoms with Crippen LogP contribution in [0.1, 0.15) is 27.7 Å². The number of nitrogens with zero attached hydrogens (tertiary/aromatic N) is 1. The highest BCUT2D eigenvalue weighted by Gasteiger charge is 2.17. The van der Waals surface area contributed by atoms with Gasteiger partial charge < -0.3 is 4.74 Å². The molecule has 0 aliphatic rings. The Labute approximate surface area is 73.3 Å². The Hall–Kier alpha value is -1.04. The molecular weight excluding hydrogens is 154 g/mol. The molecule has 0 saturated carbocycles. The molecule has 0 N–H and O–H groups in total. The van der Waals surface area contributed by atoms with Crippen LogP contribution in [-0.2, 0) is 9.53 Å². The number of ether oxygens (including phenoxy) is 1. The summed E-state index contributed by atoms with van der Waals surface area (Å²) >= 11 is 0. The normalized spacial score (nSPS) is 13.2. The van der Waals surface area contributed by atoms with Gasteiger partial charge in [0.05, 0.1) is 12.7 Å². The van der Waals surface area contributed by atoms with Crippen LogP contribution in [0, 0.1) is 22.7 Å². The summed E-state index contributed by atoms with van der Waals surface area (Å²) in [5.74, 6) is -1.10. The van der Waals surface area contributed by atoms with Crippen LogP contribution >= 0.6 is 0 Å². The summed E-state index contributed by atoms with van der Waals surface area (Å²) in [6, 6.07) is 1.83. The number of nitriles is 1. The van der Waals surface area contributed by atoms with E-state index in [1.807, 2.05) is 26.8 Å². The Kier molecular flexibility index (Phi) is 3.75. The van der Waals surface area contributed by atoms with Crippen LogP contribution < -0.4 is 0 Å². The van der Waals surface area contributed by atoms with Gasteiger partial charge in [0.15, 0.2) is 0 Å². The maximum atomic E-state index is 11.0. The van der Waals surface area contributed by atoms with Crippen LogP contribution in [0.5, 0.6) is 0 Å². The molecule has 0 radical (unpaired) electrons. The maximum absolute atomic E-state index is 11.0. The van der Waals surface area contributed by atoms with Crippen LogP contribution in [0.3, 0.4) is 0 Å². The van der Waals surface area contributed by atoms with Crippen LogP contribution in [0.25, 0.3) is 0 Å². The summed E-state index contributed by atoms with van der Waals surface area (Å²) in [7, 11) is 0. The van der Waals surface area contributed by atoms with E-state index in [1.54, 1.807) is 0 Å². The SMILES string of the molecule is CC(C#N)C(=O)OCC(C)(C)C. The third kappa shape index (κ3) is 4.73. The molecule has 0 fully saturated rings. The summed E-state index contributed by atoms with van der Waals surface area (Å²) in [4.78, 5) is 11.0. The van der Waals surface area contributed by atoms with Gasteiger partial charge in [-0.3, -0.25) is 4.79 Å². The zero-order chi connectivity index (χ0) is 9.78. The molecule has 0 spiro atoms. The van der Waals surface area contributed by atoms with Crippen LogP contribution in [0.4, 0.5) is 0 Å². The van der Waals surface area contributed by atoms with E-state index in [-0.39, 0.29) is 5.41 Å². The van der Waals surface area contributed by atoms with Crippen molar-refractivity contribution in [2.24, 2.45) is 11.3 Å². The van der Waals surface area contributed by atoms with Gasteiger partial charge in [-0.25, -0.2) is 0 Å². The summed E-state index contributed by atoms with van der Waals surface area (Å²) in [6.45, 7) is 7.80. The lowest BCUT2D eigenvalue weighted by Crippen LogP contribution is -2.21. The van der Waals surface area contributed by atoms with E-state index in [2.05, 4.69) is 0 Å². The molecule has 0 rings (SSSR count). The zero-order valence-corrected chi connectivity index (χ0v) is 8.05. The first-order valence-electron chi connectivity index (χ1n) is 3.93. The van der Waals surface area contributed by atoms with E-state index >= 15 is 0 Å². The molecule has 0 aromatic heterocycles. The molecule has 0 aromatic rings. The van der Waals surface area contributed by atoms with Gasteiger partial charge in [-0.1, -0.05) is 20.8 Å². The number of hydrogen-bond acceptors (Lipinski definition) is 3. The lowest BCUT2D eigenvalue weighted by molar-refractivity contribution is -0.148. The zero-order valence-electron chi connectivity index (χ0n) is 8.05. The predicted molar refractivity (Wildman–Crippen MR) is 45.2 cm³/mol. The van der Waals surface area contributed by atoms with Crippen molar-refractivity contribution in [3.05, 3.63) is 0 Å². The van der Waals surface area contributed by atoms with E-state index in [0.717, 1.165) is 0 Å². The van der Waals surface area contributed by atoms with E-state index in [1.165, 1.54) is 6.92 Å². The smallest absolute Gasteiger partial charge is 0.323 e. The third-order valence-electron chi connectivity index (χ3n) is 1.19. The van der Waals surface area contributed by atoms with Gasteiger partial charge in [0.1, 0.15) is 5.92 Å². The molecule has 3 heteroatoms. The van der Waals surface area contributed by atoms with Crippen molar-refractivity contribution in [1.29, 1.82) is 5.26 Å². The second-order valence-corrected chi connectivity index (χ2v) is 4.02. The van der Waals surface area contributed by atoms with Gasteiger partial charge in [-0.2, -0.15) is 5.26 Å². The Morgan fingerprint density at radius 3 is 2.42 bits per heavy atom. The minimum atomic E-state index is -0.660. The molecule has 0 saturated heterocycles. The molecule has 1 unspecified atom stereocenters. The Bertz CT molecular complexity index is 198. The minimum absolute atomic E-state index is 0.0369. The van der Waals surface area contributed by atoms with Crippen molar-refractivity contribution in [1.82, 2.24) is 0 Å². The fourth-order valence-corrected chi connectivity index (χ4v) is 0.465. The predicted octanol–water partition coefficient (Wildman–Crippen LogP) is 1.74. The van der Waals surface area contributed by atoms with E-state index < -0.39 is 11.9 Å². The molecular formula is C9H15NO2. The second kappa shape index (κ2) is 4.10. The van der Waals surface area contributed by atoms with Crippen LogP contribution in [0.15, 0.2) is 0 Å². The van der Waals surface area contributed by atoms with Gasteiger partial charge in [0.25, 0.3) is 0 Å². The number of carbonyl (C=O) groups excluding carboxylic acids is 1. The fourth-order valence-electron chi connectivity index (χ4n) is 0.465. The van der Waals surface area contributed by atoms with Crippen molar-refractivity contribution in [3.63, 3.8) is 0 Å². The highest BCUT2D eigenvalue weighted by Crippen LogP contribution is 2.13. The Morgan fingerprint density at radius 2 is 2.08 bits per heavy atom. The van der Waals surface area contributed by atoms with E-state index in [4.69, 9.17) is 10.00 Å². The molecule has 3 nitrogen and oxygen atoms in total. The molecule has 0 aliphatic carbocycles. The lowest BCUT2D eigenvalue weighted by atomic mass is 9.99. The van der Waals surface area contributed by atoms with Gasteiger partial charge in [0.2, 0.25) is 0 Å². The van der Waals surface area contributed by atoms with E-state index in [9.17, 15) is 4.79 Å². The molecule has 1 atom stereocenters. The number of hydrogen-bond donors (Lipinski definition) is 0. The number of esters is 1. The van der Waals surface area contributed by atoms with Crippen molar-refractivity contribution in [2.75, 3.05) is 6.61 Å². The average molecular weight is 169 g/mol. The quantitative estimate of drug-likeness (QED) is 0.591. The minimum Gasteiger partial charge on any atom is -0.464 e. The fraction of sp³-hybridized carbons (Fsp3) is 0.778. The van der Waals surface area contributed by atoms with Crippen LogP contribution in [0.2, 0.25) is 0 Å². The molecule has 12 heavy (non-hydrogen) atoms. The maximum Gasteiger partial charge on any atom is 0.323 e. The van der Waals surface area contributed by atoms with Crippen molar-refractivity contribution in [2.45, 2.75) is 27.7 Å². The molecule has 0 aromatic carbocycles. The second-order valence-electron chi connectivity index (χ2n) is 4.02. The lowest BCUT2D eigenvalue weighted by Gasteiger charge is -2.18. The summed E-state index contributed by atoms with van der Waals surface area (Å²) in [5.41, 5.74) is -0.0369. The molecule has 0 heterocycles. The summed E-state index contributed by atoms with van der Waals surface area (Å²) in [6.07, 6.45) is 0. The molecule has 0 amide bonds. The monoisotopic (exact) mass is 169 g/mol. The Morgan fingerprint density at radius 1 is 1.58 bits per heavy atom. The molecule has 0 aliphatic heterocycles. The highest BCUT2D eigenvalue weighted by atomic mass is 16.5.